The summed E-state index contributed by atoms with van der Waals surface area (Å²) < 4.78 is 13.4. The molecule has 2 heterocycles. The number of nitrogens with zero attached hydrogens (tertiary/aromatic N) is 3. The van der Waals surface area contributed by atoms with Gasteiger partial charge in [0.25, 0.3) is 0 Å². The number of halogens is 2. The van der Waals surface area contributed by atoms with Crippen LogP contribution in [0.2, 0.25) is 5.02 Å². The van der Waals surface area contributed by atoms with E-state index in [2.05, 4.69) is 9.98 Å². The van der Waals surface area contributed by atoms with Crippen molar-refractivity contribution in [2.24, 2.45) is 4.99 Å². The van der Waals surface area contributed by atoms with Crippen molar-refractivity contribution in [2.45, 2.75) is 26.8 Å². The van der Waals surface area contributed by atoms with E-state index >= 15 is 0 Å². The lowest BCUT2D eigenvalue weighted by Crippen LogP contribution is -2.40. The summed E-state index contributed by atoms with van der Waals surface area (Å²) in [6.45, 7) is 4.67. The van der Waals surface area contributed by atoms with Crippen LogP contribution in [0.3, 0.4) is 0 Å². The van der Waals surface area contributed by atoms with E-state index in [1.165, 1.54) is 42.2 Å². The molecular formula is C18H15ClFN3O3S. The number of allylic oxidation sites excluding steroid dienone is 1. The lowest BCUT2D eigenvalue weighted by molar-refractivity contribution is -0.133. The highest BCUT2D eigenvalue weighted by Crippen LogP contribution is 2.38. The molecule has 0 bridgehead atoms. The van der Waals surface area contributed by atoms with Crippen LogP contribution >= 0.6 is 22.9 Å². The lowest BCUT2D eigenvalue weighted by atomic mass is 9.95. The molecule has 1 aromatic heterocycles. The van der Waals surface area contributed by atoms with Crippen LogP contribution in [0.4, 0.5) is 4.39 Å². The summed E-state index contributed by atoms with van der Waals surface area (Å²) >= 11 is 7.54. The summed E-state index contributed by atoms with van der Waals surface area (Å²) in [5.41, 5.74) is 0.910. The van der Waals surface area contributed by atoms with Gasteiger partial charge in [-0.2, -0.15) is 0 Å². The van der Waals surface area contributed by atoms with Gasteiger partial charge in [0, 0.05) is 28.6 Å². The number of carbonyl (C=O) groups excluding carboxylic acids is 1. The number of carboxylic acid groups (broad SMARTS) is 1. The number of carboxylic acids is 1. The first-order chi connectivity index (χ1) is 12.7. The smallest absolute Gasteiger partial charge is 0.335 e. The molecular weight excluding hydrogens is 393 g/mol. The van der Waals surface area contributed by atoms with Gasteiger partial charge in [-0.25, -0.2) is 14.2 Å². The van der Waals surface area contributed by atoms with E-state index in [1.54, 1.807) is 5.38 Å². The molecule has 2 aromatic rings. The SMILES string of the molecule is CC(=O)N1C(c2csc(C)n2)=NC(c2ccc(F)cc2Cl)C(C(=O)O)=C1C. The number of aryl methyl sites for hydroxylation is 1. The van der Waals surface area contributed by atoms with Crippen molar-refractivity contribution in [1.82, 2.24) is 9.88 Å². The molecule has 1 atom stereocenters. The van der Waals surface area contributed by atoms with Crippen LogP contribution in [0.15, 0.2) is 39.8 Å². The summed E-state index contributed by atoms with van der Waals surface area (Å²) in [7, 11) is 0. The summed E-state index contributed by atoms with van der Waals surface area (Å²) in [5.74, 6) is -1.93. The zero-order valence-corrected chi connectivity index (χ0v) is 16.2. The Labute approximate surface area is 163 Å². The van der Waals surface area contributed by atoms with Gasteiger partial charge in [0.2, 0.25) is 5.91 Å². The number of hydrogen-bond donors (Lipinski definition) is 1. The van der Waals surface area contributed by atoms with Crippen molar-refractivity contribution in [2.75, 3.05) is 0 Å². The third kappa shape index (κ3) is 3.50. The molecule has 0 saturated heterocycles. The zero-order chi connectivity index (χ0) is 19.9. The maximum Gasteiger partial charge on any atom is 0.335 e. The van der Waals surface area contributed by atoms with Crippen LogP contribution in [0.1, 0.15) is 36.2 Å². The van der Waals surface area contributed by atoms with Crippen molar-refractivity contribution in [3.63, 3.8) is 0 Å². The molecule has 1 aliphatic rings. The van der Waals surface area contributed by atoms with Crippen LogP contribution in [-0.4, -0.2) is 32.7 Å². The molecule has 0 fully saturated rings. The third-order valence-corrected chi connectivity index (χ3v) is 5.21. The Balaban J connectivity index is 2.26. The van der Waals surface area contributed by atoms with Crippen LogP contribution in [-0.2, 0) is 9.59 Å². The average molecular weight is 408 g/mol. The minimum atomic E-state index is -1.23. The molecule has 0 saturated carbocycles. The quantitative estimate of drug-likeness (QED) is 0.834. The first-order valence-corrected chi connectivity index (χ1v) is 9.16. The number of benzene rings is 1. The fraction of sp³-hybridized carbons (Fsp3) is 0.222. The number of aromatic nitrogens is 1. The van der Waals surface area contributed by atoms with Gasteiger partial charge in [0.1, 0.15) is 17.6 Å². The van der Waals surface area contributed by atoms with E-state index in [1.807, 2.05) is 6.92 Å². The molecule has 1 amide bonds. The molecule has 1 N–H and O–H groups in total. The minimum absolute atomic E-state index is 0.0559. The molecule has 1 aliphatic heterocycles. The minimum Gasteiger partial charge on any atom is -0.478 e. The zero-order valence-electron chi connectivity index (χ0n) is 14.7. The third-order valence-electron chi connectivity index (χ3n) is 4.11. The molecule has 0 spiro atoms. The number of rotatable bonds is 3. The van der Waals surface area contributed by atoms with E-state index in [0.717, 1.165) is 11.1 Å². The molecule has 140 valence electrons. The number of amidine groups is 1. The highest BCUT2D eigenvalue weighted by molar-refractivity contribution is 7.09. The van der Waals surface area contributed by atoms with E-state index in [-0.39, 0.29) is 28.0 Å². The van der Waals surface area contributed by atoms with Gasteiger partial charge >= 0.3 is 5.97 Å². The number of aliphatic carboxylic acids is 1. The number of hydrogen-bond acceptors (Lipinski definition) is 5. The molecule has 6 nitrogen and oxygen atoms in total. The highest BCUT2D eigenvalue weighted by Gasteiger charge is 2.37. The Hall–Kier alpha value is -2.58. The highest BCUT2D eigenvalue weighted by atomic mass is 35.5. The monoisotopic (exact) mass is 407 g/mol. The van der Waals surface area contributed by atoms with Crippen molar-refractivity contribution in [3.8, 4) is 0 Å². The molecule has 9 heteroatoms. The topological polar surface area (TPSA) is 82.9 Å². The molecule has 0 aliphatic carbocycles. The molecule has 27 heavy (non-hydrogen) atoms. The first kappa shape index (κ1) is 19.2. The largest absolute Gasteiger partial charge is 0.478 e. The van der Waals surface area contributed by atoms with Gasteiger partial charge in [-0.1, -0.05) is 17.7 Å². The van der Waals surface area contributed by atoms with Crippen molar-refractivity contribution < 1.29 is 19.1 Å². The van der Waals surface area contributed by atoms with Gasteiger partial charge in [-0.15, -0.1) is 11.3 Å². The second-order valence-electron chi connectivity index (χ2n) is 5.93. The van der Waals surface area contributed by atoms with Crippen molar-refractivity contribution >= 4 is 40.6 Å². The van der Waals surface area contributed by atoms with Crippen molar-refractivity contribution in [3.05, 3.63) is 62.0 Å². The Morgan fingerprint density at radius 2 is 2.04 bits per heavy atom. The van der Waals surface area contributed by atoms with E-state index in [9.17, 15) is 19.1 Å². The standard InChI is InChI=1S/C18H15ClFN3O3S/c1-8-15(18(25)26)16(12-5-4-11(20)6-13(12)19)22-17(23(8)10(3)24)14-7-27-9(2)21-14/h4-7,16H,1-3H3,(H,25,26). The number of aliphatic imine (C=N–C) groups is 1. The fourth-order valence-corrected chi connectivity index (χ4v) is 3.84. The van der Waals surface area contributed by atoms with E-state index in [4.69, 9.17) is 11.6 Å². The fourth-order valence-electron chi connectivity index (χ4n) is 2.97. The molecule has 1 unspecified atom stereocenters. The normalized spacial score (nSPS) is 17.1. The predicted octanol–water partition coefficient (Wildman–Crippen LogP) is 3.95. The Morgan fingerprint density at radius 3 is 2.56 bits per heavy atom. The average Bonchev–Trinajstić information content (AvgIpc) is 2.99. The van der Waals surface area contributed by atoms with Gasteiger partial charge in [-0.05, 0) is 26.0 Å². The Bertz CT molecular complexity index is 1020. The van der Waals surface area contributed by atoms with Crippen LogP contribution in [0, 0.1) is 12.7 Å². The van der Waals surface area contributed by atoms with Crippen LogP contribution in [0.25, 0.3) is 0 Å². The summed E-state index contributed by atoms with van der Waals surface area (Å²) in [4.78, 5) is 34.3. The Morgan fingerprint density at radius 1 is 1.33 bits per heavy atom. The summed E-state index contributed by atoms with van der Waals surface area (Å²) in [6.07, 6.45) is 0. The maximum atomic E-state index is 13.4. The first-order valence-electron chi connectivity index (χ1n) is 7.90. The number of thiazole rings is 1. The number of carbonyl (C=O) groups is 2. The van der Waals surface area contributed by atoms with Gasteiger partial charge < -0.3 is 5.11 Å². The van der Waals surface area contributed by atoms with Crippen LogP contribution < -0.4 is 0 Å². The Kier molecular flexibility index (Phi) is 5.12. The second-order valence-corrected chi connectivity index (χ2v) is 7.40. The second kappa shape index (κ2) is 7.21. The van der Waals surface area contributed by atoms with Gasteiger partial charge in [0.05, 0.1) is 10.6 Å². The number of amides is 1. The maximum absolute atomic E-state index is 13.4. The lowest BCUT2D eigenvalue weighted by Gasteiger charge is -2.32. The molecule has 3 rings (SSSR count). The van der Waals surface area contributed by atoms with E-state index < -0.39 is 17.8 Å². The molecule has 0 radical (unpaired) electrons. The van der Waals surface area contributed by atoms with E-state index in [0.29, 0.717) is 11.3 Å². The summed E-state index contributed by atoms with van der Waals surface area (Å²) in [6, 6.07) is 2.69. The van der Waals surface area contributed by atoms with Gasteiger partial charge in [-0.3, -0.25) is 14.7 Å². The predicted molar refractivity (Wildman–Crippen MR) is 100 cm³/mol. The summed E-state index contributed by atoms with van der Waals surface area (Å²) in [5, 5.41) is 12.3. The van der Waals surface area contributed by atoms with Crippen LogP contribution in [0.5, 0.6) is 0 Å². The van der Waals surface area contributed by atoms with Gasteiger partial charge in [0.15, 0.2) is 5.84 Å². The molecule has 1 aromatic carbocycles. The van der Waals surface area contributed by atoms with Crippen molar-refractivity contribution in [1.29, 1.82) is 0 Å².